The summed E-state index contributed by atoms with van der Waals surface area (Å²) in [6, 6.07) is 0.272. The Balaban J connectivity index is 2.44. The van der Waals surface area contributed by atoms with Gasteiger partial charge in [-0.2, -0.15) is 5.10 Å². The van der Waals surface area contributed by atoms with Gasteiger partial charge in [0.05, 0.1) is 11.3 Å². The molecule has 0 bridgehead atoms. The number of aliphatic hydroxyl groups is 1. The number of hydrogen-bond donors (Lipinski definition) is 3. The zero-order valence-electron chi connectivity index (χ0n) is 12.1. The fourth-order valence-electron chi connectivity index (χ4n) is 3.05. The SMILES string of the molecule is Cc1nn(C)c(N2CCCCC2CCO)c1C(N)=NO. The normalized spacial score (nSPS) is 20.4. The maximum absolute atomic E-state index is 9.24. The molecule has 0 aliphatic carbocycles. The van der Waals surface area contributed by atoms with Crippen molar-refractivity contribution in [3.63, 3.8) is 0 Å². The van der Waals surface area contributed by atoms with E-state index in [9.17, 15) is 5.11 Å². The predicted molar refractivity (Wildman–Crippen MR) is 77.1 cm³/mol. The molecule has 2 heterocycles. The molecule has 1 atom stereocenters. The monoisotopic (exact) mass is 281 g/mol. The second kappa shape index (κ2) is 6.13. The number of anilines is 1. The summed E-state index contributed by atoms with van der Waals surface area (Å²) in [5.74, 6) is 0.954. The molecule has 7 heteroatoms. The number of nitrogens with two attached hydrogens (primary N) is 1. The number of amidine groups is 1. The van der Waals surface area contributed by atoms with Crippen LogP contribution in [0.5, 0.6) is 0 Å². The molecule has 112 valence electrons. The summed E-state index contributed by atoms with van der Waals surface area (Å²) in [6.45, 7) is 2.91. The van der Waals surface area contributed by atoms with E-state index in [0.717, 1.165) is 43.7 Å². The highest BCUT2D eigenvalue weighted by Gasteiger charge is 2.29. The number of piperidine rings is 1. The highest BCUT2D eigenvalue weighted by molar-refractivity contribution is 6.02. The minimum atomic E-state index is 0.0823. The van der Waals surface area contributed by atoms with E-state index in [1.165, 1.54) is 0 Å². The Hall–Kier alpha value is -1.76. The molecule has 0 saturated carbocycles. The summed E-state index contributed by atoms with van der Waals surface area (Å²) in [4.78, 5) is 2.23. The van der Waals surface area contributed by atoms with Gasteiger partial charge in [0.15, 0.2) is 5.84 Å². The number of nitrogens with zero attached hydrogens (tertiary/aromatic N) is 4. The third-order valence-corrected chi connectivity index (χ3v) is 3.92. The molecular weight excluding hydrogens is 258 g/mol. The Labute approximate surface area is 118 Å². The molecule has 7 nitrogen and oxygen atoms in total. The van der Waals surface area contributed by atoms with E-state index in [4.69, 9.17) is 10.9 Å². The van der Waals surface area contributed by atoms with Gasteiger partial charge in [-0.15, -0.1) is 0 Å². The van der Waals surface area contributed by atoms with Crippen LogP contribution in [-0.2, 0) is 7.05 Å². The van der Waals surface area contributed by atoms with E-state index in [1.54, 1.807) is 4.68 Å². The molecule has 1 aliphatic rings. The fraction of sp³-hybridized carbons (Fsp3) is 0.692. The lowest BCUT2D eigenvalue weighted by Gasteiger charge is -2.37. The summed E-state index contributed by atoms with van der Waals surface area (Å²) in [5, 5.41) is 25.7. The number of oxime groups is 1. The van der Waals surface area contributed by atoms with Crippen molar-refractivity contribution in [2.45, 2.75) is 38.6 Å². The highest BCUT2D eigenvalue weighted by atomic mass is 16.4. The largest absolute Gasteiger partial charge is 0.409 e. The maximum atomic E-state index is 9.24. The van der Waals surface area contributed by atoms with Gasteiger partial charge in [-0.1, -0.05) is 5.16 Å². The molecule has 1 aliphatic heterocycles. The molecule has 1 saturated heterocycles. The summed E-state index contributed by atoms with van der Waals surface area (Å²) in [6.07, 6.45) is 4.03. The average Bonchev–Trinajstić information content (AvgIpc) is 2.73. The molecular formula is C13H23N5O2. The minimum absolute atomic E-state index is 0.0823. The van der Waals surface area contributed by atoms with Gasteiger partial charge in [0.1, 0.15) is 5.82 Å². The molecule has 1 aromatic rings. The Bertz CT molecular complexity index is 495. The second-order valence-electron chi connectivity index (χ2n) is 5.25. The third kappa shape index (κ3) is 2.58. The van der Waals surface area contributed by atoms with Crippen LogP contribution in [0.3, 0.4) is 0 Å². The molecule has 0 amide bonds. The number of hydrogen-bond acceptors (Lipinski definition) is 5. The summed E-state index contributed by atoms with van der Waals surface area (Å²) < 4.78 is 1.78. The summed E-state index contributed by atoms with van der Waals surface area (Å²) in [5.41, 5.74) is 7.23. The quantitative estimate of drug-likeness (QED) is 0.324. The standard InChI is InChI=1S/C13H23N5O2/c1-9-11(12(14)16-20)13(17(2)15-9)18-7-4-3-5-10(18)6-8-19/h10,19-20H,3-8H2,1-2H3,(H2,14,16). The summed E-state index contributed by atoms with van der Waals surface area (Å²) in [7, 11) is 1.86. The minimum Gasteiger partial charge on any atom is -0.409 e. The third-order valence-electron chi connectivity index (χ3n) is 3.92. The first-order valence-electron chi connectivity index (χ1n) is 6.99. The second-order valence-corrected chi connectivity index (χ2v) is 5.25. The van der Waals surface area contributed by atoms with E-state index >= 15 is 0 Å². The van der Waals surface area contributed by atoms with Crippen LogP contribution in [0.1, 0.15) is 36.9 Å². The van der Waals surface area contributed by atoms with Crippen molar-refractivity contribution in [2.75, 3.05) is 18.1 Å². The van der Waals surface area contributed by atoms with Crippen LogP contribution in [-0.4, -0.2) is 45.1 Å². The Morgan fingerprint density at radius 2 is 2.25 bits per heavy atom. The Kier molecular flexibility index (Phi) is 4.49. The molecule has 1 unspecified atom stereocenters. The first-order chi connectivity index (χ1) is 9.60. The van der Waals surface area contributed by atoms with Crippen molar-refractivity contribution in [1.82, 2.24) is 9.78 Å². The lowest BCUT2D eigenvalue weighted by molar-refractivity contribution is 0.261. The maximum Gasteiger partial charge on any atom is 0.175 e. The van der Waals surface area contributed by atoms with Crippen LogP contribution >= 0.6 is 0 Å². The molecule has 20 heavy (non-hydrogen) atoms. The average molecular weight is 281 g/mol. The van der Waals surface area contributed by atoms with E-state index < -0.39 is 0 Å². The molecule has 4 N–H and O–H groups in total. The first-order valence-corrected chi connectivity index (χ1v) is 6.99. The van der Waals surface area contributed by atoms with E-state index in [1.807, 2.05) is 14.0 Å². The van der Waals surface area contributed by atoms with Gasteiger partial charge in [-0.25, -0.2) is 0 Å². The number of aryl methyl sites for hydroxylation is 2. The van der Waals surface area contributed by atoms with Gasteiger partial charge < -0.3 is 20.9 Å². The Morgan fingerprint density at radius 1 is 1.50 bits per heavy atom. The van der Waals surface area contributed by atoms with Crippen molar-refractivity contribution < 1.29 is 10.3 Å². The van der Waals surface area contributed by atoms with Gasteiger partial charge in [0.25, 0.3) is 0 Å². The Morgan fingerprint density at radius 3 is 2.90 bits per heavy atom. The summed E-state index contributed by atoms with van der Waals surface area (Å²) >= 11 is 0. The topological polar surface area (TPSA) is 99.9 Å². The zero-order chi connectivity index (χ0) is 14.7. The smallest absolute Gasteiger partial charge is 0.175 e. The van der Waals surface area contributed by atoms with Gasteiger partial charge in [0, 0.05) is 26.2 Å². The van der Waals surface area contributed by atoms with Gasteiger partial charge in [0.2, 0.25) is 0 Å². The molecule has 0 aromatic carbocycles. The molecule has 0 spiro atoms. The zero-order valence-corrected chi connectivity index (χ0v) is 12.1. The van der Waals surface area contributed by atoms with Crippen LogP contribution in [0.2, 0.25) is 0 Å². The van der Waals surface area contributed by atoms with Crippen molar-refractivity contribution in [1.29, 1.82) is 0 Å². The molecule has 0 radical (unpaired) electrons. The molecule has 1 fully saturated rings. The van der Waals surface area contributed by atoms with Crippen LogP contribution < -0.4 is 10.6 Å². The lowest BCUT2D eigenvalue weighted by Crippen LogP contribution is -2.42. The van der Waals surface area contributed by atoms with E-state index in [-0.39, 0.29) is 18.5 Å². The van der Waals surface area contributed by atoms with Crippen LogP contribution in [0.4, 0.5) is 5.82 Å². The van der Waals surface area contributed by atoms with Crippen LogP contribution in [0, 0.1) is 6.92 Å². The van der Waals surface area contributed by atoms with E-state index in [0.29, 0.717) is 5.56 Å². The van der Waals surface area contributed by atoms with Crippen molar-refractivity contribution in [3.05, 3.63) is 11.3 Å². The van der Waals surface area contributed by atoms with Gasteiger partial charge >= 0.3 is 0 Å². The predicted octanol–water partition coefficient (Wildman–Crippen LogP) is 0.564. The van der Waals surface area contributed by atoms with Crippen molar-refractivity contribution in [2.24, 2.45) is 17.9 Å². The lowest BCUT2D eigenvalue weighted by atomic mass is 9.99. The number of aliphatic hydroxyl groups excluding tert-OH is 1. The van der Waals surface area contributed by atoms with E-state index in [2.05, 4.69) is 15.2 Å². The van der Waals surface area contributed by atoms with Crippen LogP contribution in [0.25, 0.3) is 0 Å². The first kappa shape index (κ1) is 14.6. The molecule has 1 aromatic heterocycles. The van der Waals surface area contributed by atoms with Gasteiger partial charge in [-0.3, -0.25) is 4.68 Å². The van der Waals surface area contributed by atoms with Crippen molar-refractivity contribution in [3.8, 4) is 0 Å². The number of aromatic nitrogens is 2. The fourth-order valence-corrected chi connectivity index (χ4v) is 3.05. The highest BCUT2D eigenvalue weighted by Crippen LogP contribution is 2.30. The van der Waals surface area contributed by atoms with Crippen LogP contribution in [0.15, 0.2) is 5.16 Å². The number of rotatable bonds is 4. The van der Waals surface area contributed by atoms with Crippen molar-refractivity contribution >= 4 is 11.7 Å². The van der Waals surface area contributed by atoms with Gasteiger partial charge in [-0.05, 0) is 32.6 Å². The molecule has 2 rings (SSSR count).